The fraction of sp³-hybridized carbons (Fsp3) is 0.920. The summed E-state index contributed by atoms with van der Waals surface area (Å²) < 4.78 is 4.87. The molecule has 0 atom stereocenters. The molecule has 0 aliphatic carbocycles. The lowest BCUT2D eigenvalue weighted by atomic mass is 9.97. The van der Waals surface area contributed by atoms with Gasteiger partial charge < -0.3 is 4.74 Å². The van der Waals surface area contributed by atoms with E-state index in [0.717, 1.165) is 12.8 Å². The van der Waals surface area contributed by atoms with Gasteiger partial charge in [0.1, 0.15) is 0 Å². The molecule has 166 valence electrons. The molecule has 28 heavy (non-hydrogen) atoms. The Kier molecular flexibility index (Phi) is 17.6. The Morgan fingerprint density at radius 3 is 1.21 bits per heavy atom. The number of carbonyl (C=O) groups is 2. The number of carbonyl (C=O) groups excluding carboxylic acids is 2. The van der Waals surface area contributed by atoms with Gasteiger partial charge in [0.25, 0.3) is 0 Å². The first kappa shape index (κ1) is 27.1. The average Bonchev–Trinajstić information content (AvgIpc) is 2.63. The van der Waals surface area contributed by atoms with Gasteiger partial charge in [-0.25, -0.2) is 0 Å². The summed E-state index contributed by atoms with van der Waals surface area (Å²) in [6, 6.07) is 0. The van der Waals surface area contributed by atoms with Crippen LogP contribution in [0.4, 0.5) is 0 Å². The number of esters is 2. The first-order valence-electron chi connectivity index (χ1n) is 12.1. The van der Waals surface area contributed by atoms with Crippen LogP contribution < -0.4 is 0 Å². The summed E-state index contributed by atoms with van der Waals surface area (Å²) in [4.78, 5) is 23.2. The Morgan fingerprint density at radius 1 is 0.571 bits per heavy atom. The highest BCUT2D eigenvalue weighted by molar-refractivity contribution is 5.88. The topological polar surface area (TPSA) is 43.4 Å². The highest BCUT2D eigenvalue weighted by atomic mass is 16.6. The molecule has 0 aliphatic rings. The van der Waals surface area contributed by atoms with Crippen LogP contribution in [-0.4, -0.2) is 11.9 Å². The molecule has 0 spiro atoms. The van der Waals surface area contributed by atoms with Crippen molar-refractivity contribution < 1.29 is 14.3 Å². The standard InChI is InChI=1S/C25H48O3/c1-5-6-7-8-9-10-11-12-13-14-15-16-17-18-19-20-21-22-23(26)28-24(27)25(2,3)4/h5-22H2,1-4H3. The number of unbranched alkanes of at least 4 members (excludes halogenated alkanes) is 16. The van der Waals surface area contributed by atoms with Crippen LogP contribution in [0.5, 0.6) is 0 Å². The van der Waals surface area contributed by atoms with E-state index in [1.807, 2.05) is 0 Å². The zero-order valence-electron chi connectivity index (χ0n) is 19.5. The molecular weight excluding hydrogens is 348 g/mol. The van der Waals surface area contributed by atoms with Gasteiger partial charge in [-0.3, -0.25) is 9.59 Å². The first-order chi connectivity index (χ1) is 13.4. The fourth-order valence-electron chi connectivity index (χ4n) is 3.30. The van der Waals surface area contributed by atoms with Gasteiger partial charge in [-0.1, -0.05) is 110 Å². The molecule has 0 N–H and O–H groups in total. The predicted molar refractivity (Wildman–Crippen MR) is 119 cm³/mol. The quantitative estimate of drug-likeness (QED) is 0.133. The normalized spacial score (nSPS) is 11.6. The maximum Gasteiger partial charge on any atom is 0.318 e. The second-order valence-electron chi connectivity index (χ2n) is 9.42. The summed E-state index contributed by atoms with van der Waals surface area (Å²) in [5, 5.41) is 0. The second kappa shape index (κ2) is 18.2. The lowest BCUT2D eigenvalue weighted by Crippen LogP contribution is -2.25. The van der Waals surface area contributed by atoms with Gasteiger partial charge in [0.2, 0.25) is 0 Å². The van der Waals surface area contributed by atoms with Crippen molar-refractivity contribution in [2.24, 2.45) is 5.41 Å². The van der Waals surface area contributed by atoms with Crippen LogP contribution in [0.2, 0.25) is 0 Å². The molecule has 0 saturated heterocycles. The molecule has 0 heterocycles. The molecule has 0 saturated carbocycles. The first-order valence-corrected chi connectivity index (χ1v) is 12.1. The zero-order chi connectivity index (χ0) is 21.1. The minimum absolute atomic E-state index is 0.362. The number of hydrogen-bond donors (Lipinski definition) is 0. The van der Waals surface area contributed by atoms with Crippen LogP contribution in [0.1, 0.15) is 143 Å². The van der Waals surface area contributed by atoms with Crippen molar-refractivity contribution >= 4 is 11.9 Å². The van der Waals surface area contributed by atoms with E-state index in [0.29, 0.717) is 6.42 Å². The minimum atomic E-state index is -0.607. The molecule has 0 aromatic carbocycles. The van der Waals surface area contributed by atoms with Gasteiger partial charge in [-0.15, -0.1) is 0 Å². The molecule has 0 amide bonds. The van der Waals surface area contributed by atoms with Gasteiger partial charge in [0, 0.05) is 6.42 Å². The molecule has 0 aromatic rings. The van der Waals surface area contributed by atoms with Crippen molar-refractivity contribution in [2.45, 2.75) is 143 Å². The maximum absolute atomic E-state index is 11.6. The summed E-state index contributed by atoms with van der Waals surface area (Å²) in [6.07, 6.45) is 22.8. The third-order valence-electron chi connectivity index (χ3n) is 5.30. The third-order valence-corrected chi connectivity index (χ3v) is 5.30. The van der Waals surface area contributed by atoms with E-state index < -0.39 is 11.4 Å². The lowest BCUT2D eigenvalue weighted by molar-refractivity contribution is -0.165. The summed E-state index contributed by atoms with van der Waals surface area (Å²) in [5.74, 6) is -0.801. The monoisotopic (exact) mass is 396 g/mol. The molecule has 0 aromatic heterocycles. The molecule has 3 heteroatoms. The molecule has 0 aliphatic heterocycles. The van der Waals surface area contributed by atoms with E-state index in [1.54, 1.807) is 20.8 Å². The zero-order valence-corrected chi connectivity index (χ0v) is 19.5. The molecule has 0 bridgehead atoms. The van der Waals surface area contributed by atoms with Crippen molar-refractivity contribution in [1.82, 2.24) is 0 Å². The smallest absolute Gasteiger partial charge is 0.318 e. The molecule has 0 fully saturated rings. The predicted octanol–water partition coefficient (Wildman–Crippen LogP) is 8.14. The van der Waals surface area contributed by atoms with E-state index in [4.69, 9.17) is 4.74 Å². The van der Waals surface area contributed by atoms with E-state index in [9.17, 15) is 9.59 Å². The van der Waals surface area contributed by atoms with Crippen LogP contribution in [-0.2, 0) is 14.3 Å². The maximum atomic E-state index is 11.6. The Bertz CT molecular complexity index is 382. The Labute approximate surface area is 175 Å². The summed E-state index contributed by atoms with van der Waals surface area (Å²) in [5.41, 5.74) is -0.607. The molecule has 0 rings (SSSR count). The highest BCUT2D eigenvalue weighted by Gasteiger charge is 2.25. The van der Waals surface area contributed by atoms with Gasteiger partial charge in [0.15, 0.2) is 0 Å². The minimum Gasteiger partial charge on any atom is -0.393 e. The summed E-state index contributed by atoms with van der Waals surface area (Å²) in [6.45, 7) is 7.56. The van der Waals surface area contributed by atoms with Gasteiger partial charge >= 0.3 is 11.9 Å². The average molecular weight is 397 g/mol. The Morgan fingerprint density at radius 2 is 0.893 bits per heavy atom. The van der Waals surface area contributed by atoms with Crippen molar-refractivity contribution in [3.05, 3.63) is 0 Å². The van der Waals surface area contributed by atoms with Gasteiger partial charge in [0.05, 0.1) is 5.41 Å². The molecule has 3 nitrogen and oxygen atoms in total. The largest absolute Gasteiger partial charge is 0.393 e. The summed E-state index contributed by atoms with van der Waals surface area (Å²) in [7, 11) is 0. The van der Waals surface area contributed by atoms with Gasteiger partial charge in [-0.05, 0) is 27.2 Å². The number of rotatable bonds is 18. The van der Waals surface area contributed by atoms with E-state index in [2.05, 4.69) is 6.92 Å². The number of ether oxygens (including phenoxy) is 1. The highest BCUT2D eigenvalue weighted by Crippen LogP contribution is 2.17. The Hall–Kier alpha value is -0.860. The van der Waals surface area contributed by atoms with Crippen LogP contribution in [0.25, 0.3) is 0 Å². The third kappa shape index (κ3) is 18.5. The van der Waals surface area contributed by atoms with Crippen LogP contribution >= 0.6 is 0 Å². The second-order valence-corrected chi connectivity index (χ2v) is 9.42. The molecule has 0 radical (unpaired) electrons. The van der Waals surface area contributed by atoms with Crippen molar-refractivity contribution in [3.63, 3.8) is 0 Å². The van der Waals surface area contributed by atoms with E-state index in [1.165, 1.54) is 96.3 Å². The molecular formula is C25H48O3. The lowest BCUT2D eigenvalue weighted by Gasteiger charge is -2.15. The van der Waals surface area contributed by atoms with Crippen LogP contribution in [0.3, 0.4) is 0 Å². The van der Waals surface area contributed by atoms with Crippen LogP contribution in [0.15, 0.2) is 0 Å². The van der Waals surface area contributed by atoms with Crippen molar-refractivity contribution in [3.8, 4) is 0 Å². The fourth-order valence-corrected chi connectivity index (χ4v) is 3.30. The van der Waals surface area contributed by atoms with Crippen LogP contribution in [0, 0.1) is 5.41 Å². The summed E-state index contributed by atoms with van der Waals surface area (Å²) >= 11 is 0. The van der Waals surface area contributed by atoms with E-state index >= 15 is 0 Å². The number of hydrogen-bond acceptors (Lipinski definition) is 3. The molecule has 0 unspecified atom stereocenters. The van der Waals surface area contributed by atoms with Crippen molar-refractivity contribution in [1.29, 1.82) is 0 Å². The Balaban J connectivity index is 3.24. The van der Waals surface area contributed by atoms with Gasteiger partial charge in [-0.2, -0.15) is 0 Å². The van der Waals surface area contributed by atoms with Crippen molar-refractivity contribution in [2.75, 3.05) is 0 Å². The van der Waals surface area contributed by atoms with E-state index in [-0.39, 0.29) is 5.97 Å². The SMILES string of the molecule is CCCCCCCCCCCCCCCCCCCC(=O)OC(=O)C(C)(C)C.